The molecule has 6 nitrogen and oxygen atoms in total. The van der Waals surface area contributed by atoms with Gasteiger partial charge < -0.3 is 19.1 Å². The zero-order valence-electron chi connectivity index (χ0n) is 41.4. The van der Waals surface area contributed by atoms with Crippen molar-refractivity contribution >= 4 is 11.9 Å². The SMILES string of the molecule is C=C(CCC1(CC)CC2CC(C)(CCC(=O)OCCC(CCCCC)CCCCC)CC(CCC(=O)OCCC(CCCCC)CCCCC)(C2)C1)OCCN(CC)CC. The third-order valence-corrected chi connectivity index (χ3v) is 15.3. The van der Waals surface area contributed by atoms with Gasteiger partial charge in [0.1, 0.15) is 6.61 Å². The van der Waals surface area contributed by atoms with E-state index in [1.807, 2.05) is 0 Å². The van der Waals surface area contributed by atoms with Crippen molar-refractivity contribution in [1.82, 2.24) is 4.90 Å². The average Bonchev–Trinajstić information content (AvgIpc) is 3.22. The predicted octanol–water partition coefficient (Wildman–Crippen LogP) is 15.6. The van der Waals surface area contributed by atoms with Crippen LogP contribution in [0.2, 0.25) is 0 Å². The minimum absolute atomic E-state index is 0.0111. The first-order valence-electron chi connectivity index (χ1n) is 26.3. The van der Waals surface area contributed by atoms with Crippen LogP contribution in [0, 0.1) is 34.0 Å². The number of hydrogen-bond acceptors (Lipinski definition) is 6. The van der Waals surface area contributed by atoms with Crippen LogP contribution in [0.3, 0.4) is 0 Å². The van der Waals surface area contributed by atoms with Gasteiger partial charge in [-0.15, -0.1) is 0 Å². The molecule has 4 unspecified atom stereocenters. The van der Waals surface area contributed by atoms with Gasteiger partial charge in [0.25, 0.3) is 0 Å². The Morgan fingerprint density at radius 2 is 1.08 bits per heavy atom. The number of esters is 2. The summed E-state index contributed by atoms with van der Waals surface area (Å²) in [7, 11) is 0. The maximum Gasteiger partial charge on any atom is 0.305 e. The van der Waals surface area contributed by atoms with E-state index in [9.17, 15) is 9.59 Å². The molecule has 0 aliphatic heterocycles. The molecule has 2 aliphatic carbocycles. The molecule has 0 radical (unpaired) electrons. The van der Waals surface area contributed by atoms with E-state index in [1.54, 1.807) is 0 Å². The monoisotopic (exact) mass is 844 g/mol. The lowest BCUT2D eigenvalue weighted by Crippen LogP contribution is -2.48. The Balaban J connectivity index is 2.10. The standard InChI is InChI=1S/C54H101NO5/c1-10-17-21-25-47(26-22-18-11-2)32-38-59-50(56)30-34-52(9)41-49-42-53(14-5,35-29-46(8)58-40-37-55(15-6)16-7)45-54(43-49,44-52)36-31-51(57)60-39-33-48(27-23-19-12-3)28-24-20-13-4/h47-49H,8,10-45H2,1-7,9H3. The fourth-order valence-corrected chi connectivity index (χ4v) is 11.8. The van der Waals surface area contributed by atoms with E-state index < -0.39 is 0 Å². The normalized spacial score (nSPS) is 22.8. The summed E-state index contributed by atoms with van der Waals surface area (Å²) in [5, 5.41) is 0. The fourth-order valence-electron chi connectivity index (χ4n) is 11.8. The lowest BCUT2D eigenvalue weighted by Gasteiger charge is -2.59. The van der Waals surface area contributed by atoms with Crippen molar-refractivity contribution in [3.8, 4) is 0 Å². The van der Waals surface area contributed by atoms with Crippen molar-refractivity contribution in [2.75, 3.05) is 39.5 Å². The van der Waals surface area contributed by atoms with Gasteiger partial charge in [0.05, 0.1) is 19.0 Å². The van der Waals surface area contributed by atoms with Crippen molar-refractivity contribution in [2.45, 2.75) is 248 Å². The zero-order chi connectivity index (χ0) is 44.1. The highest BCUT2D eigenvalue weighted by Crippen LogP contribution is 2.65. The number of likely N-dealkylation sites (N-methyl/N-ethyl adjacent to an activating group) is 1. The first-order valence-corrected chi connectivity index (χ1v) is 26.3. The third-order valence-electron chi connectivity index (χ3n) is 15.3. The van der Waals surface area contributed by atoms with E-state index in [0.717, 1.165) is 89.6 Å². The maximum absolute atomic E-state index is 13.5. The highest BCUT2D eigenvalue weighted by atomic mass is 16.5. The van der Waals surface area contributed by atoms with Gasteiger partial charge >= 0.3 is 11.9 Å². The molecule has 0 amide bonds. The molecular weight excluding hydrogens is 743 g/mol. The highest BCUT2D eigenvalue weighted by molar-refractivity contribution is 5.69. The molecule has 352 valence electrons. The summed E-state index contributed by atoms with van der Waals surface area (Å²) in [6.07, 6.45) is 34.1. The molecule has 0 saturated heterocycles. The summed E-state index contributed by atoms with van der Waals surface area (Å²) in [5.74, 6) is 2.82. The van der Waals surface area contributed by atoms with Crippen molar-refractivity contribution in [3.05, 3.63) is 12.3 Å². The topological polar surface area (TPSA) is 65.1 Å². The van der Waals surface area contributed by atoms with Crippen LogP contribution in [-0.2, 0) is 23.8 Å². The van der Waals surface area contributed by atoms with Crippen molar-refractivity contribution in [3.63, 3.8) is 0 Å². The summed E-state index contributed by atoms with van der Waals surface area (Å²) in [5.41, 5.74) is 0.357. The summed E-state index contributed by atoms with van der Waals surface area (Å²) < 4.78 is 18.2. The van der Waals surface area contributed by atoms with Crippen LogP contribution in [-0.4, -0.2) is 56.3 Å². The number of hydrogen-bond donors (Lipinski definition) is 0. The largest absolute Gasteiger partial charge is 0.497 e. The van der Waals surface area contributed by atoms with Crippen LogP contribution in [0.1, 0.15) is 248 Å². The Morgan fingerprint density at radius 3 is 1.55 bits per heavy atom. The minimum Gasteiger partial charge on any atom is -0.497 e. The molecule has 2 bridgehead atoms. The highest BCUT2D eigenvalue weighted by Gasteiger charge is 2.54. The van der Waals surface area contributed by atoms with E-state index in [1.165, 1.54) is 116 Å². The van der Waals surface area contributed by atoms with Gasteiger partial charge in [0.15, 0.2) is 0 Å². The molecular formula is C54H101NO5. The van der Waals surface area contributed by atoms with Crippen molar-refractivity contribution in [1.29, 1.82) is 0 Å². The molecule has 4 atom stereocenters. The number of nitrogens with zero attached hydrogens (tertiary/aromatic N) is 1. The fraction of sp³-hybridized carbons (Fsp3) is 0.926. The van der Waals surface area contributed by atoms with E-state index >= 15 is 0 Å². The van der Waals surface area contributed by atoms with E-state index in [4.69, 9.17) is 14.2 Å². The Hall–Kier alpha value is -1.56. The molecule has 0 aromatic carbocycles. The molecule has 2 rings (SSSR count). The second kappa shape index (κ2) is 31.3. The second-order valence-corrected chi connectivity index (χ2v) is 20.6. The number of allylic oxidation sites excluding steroid dienone is 1. The predicted molar refractivity (Wildman–Crippen MR) is 255 cm³/mol. The number of ether oxygens (including phenoxy) is 3. The Bertz CT molecular complexity index is 1120. The Labute approximate surface area is 373 Å². The quantitative estimate of drug-likeness (QED) is 0.0350. The Morgan fingerprint density at radius 1 is 0.583 bits per heavy atom. The van der Waals surface area contributed by atoms with Crippen molar-refractivity contribution in [2.24, 2.45) is 34.0 Å². The lowest BCUT2D eigenvalue weighted by molar-refractivity contribution is -0.147. The second-order valence-electron chi connectivity index (χ2n) is 20.6. The molecule has 0 aromatic rings. The molecule has 6 heteroatoms. The summed E-state index contributed by atoms with van der Waals surface area (Å²) >= 11 is 0. The molecule has 2 saturated carbocycles. The summed E-state index contributed by atoms with van der Waals surface area (Å²) in [6, 6.07) is 0. The number of carbonyl (C=O) groups excluding carboxylic acids is 2. The summed E-state index contributed by atoms with van der Waals surface area (Å²) in [6.45, 7) is 27.6. The van der Waals surface area contributed by atoms with Crippen LogP contribution in [0.25, 0.3) is 0 Å². The van der Waals surface area contributed by atoms with Gasteiger partial charge in [-0.2, -0.15) is 0 Å². The van der Waals surface area contributed by atoms with Gasteiger partial charge in [0.2, 0.25) is 0 Å². The molecule has 60 heavy (non-hydrogen) atoms. The number of rotatable bonds is 38. The molecule has 0 heterocycles. The van der Waals surface area contributed by atoms with Crippen molar-refractivity contribution < 1.29 is 23.8 Å². The van der Waals surface area contributed by atoms with Crippen LogP contribution < -0.4 is 0 Å². The van der Waals surface area contributed by atoms with Crippen LogP contribution in [0.4, 0.5) is 0 Å². The third kappa shape index (κ3) is 22.2. The van der Waals surface area contributed by atoms with Gasteiger partial charge in [-0.3, -0.25) is 9.59 Å². The van der Waals surface area contributed by atoms with Crippen LogP contribution in [0.5, 0.6) is 0 Å². The number of carbonyl (C=O) groups is 2. The Kier molecular flexibility index (Phi) is 28.5. The first kappa shape index (κ1) is 54.6. The molecule has 0 aromatic heterocycles. The molecule has 2 aliphatic rings. The minimum atomic E-state index is -0.0180. The first-order chi connectivity index (χ1) is 28.9. The average molecular weight is 844 g/mol. The van der Waals surface area contributed by atoms with Gasteiger partial charge in [-0.25, -0.2) is 0 Å². The van der Waals surface area contributed by atoms with E-state index in [-0.39, 0.29) is 28.2 Å². The lowest BCUT2D eigenvalue weighted by atomic mass is 9.46. The molecule has 0 N–H and O–H groups in total. The maximum atomic E-state index is 13.5. The molecule has 2 fully saturated rings. The number of fused-ring (bicyclic) bond motifs is 2. The van der Waals surface area contributed by atoms with Gasteiger partial charge in [0, 0.05) is 25.8 Å². The van der Waals surface area contributed by atoms with E-state index in [0.29, 0.717) is 50.4 Å². The number of unbranched alkanes of at least 4 members (excludes halogenated alkanes) is 8. The van der Waals surface area contributed by atoms with Crippen LogP contribution in [0.15, 0.2) is 12.3 Å². The zero-order valence-corrected chi connectivity index (χ0v) is 41.4. The summed E-state index contributed by atoms with van der Waals surface area (Å²) in [4.78, 5) is 29.2. The van der Waals surface area contributed by atoms with Gasteiger partial charge in [-0.05, 0) is 111 Å². The molecule has 0 spiro atoms. The van der Waals surface area contributed by atoms with Crippen LogP contribution >= 0.6 is 0 Å². The van der Waals surface area contributed by atoms with E-state index in [2.05, 4.69) is 66.9 Å². The smallest absolute Gasteiger partial charge is 0.305 e. The van der Waals surface area contributed by atoms with Gasteiger partial charge in [-0.1, -0.05) is 171 Å².